The van der Waals surface area contributed by atoms with Crippen molar-refractivity contribution in [1.29, 1.82) is 0 Å². The highest BCUT2D eigenvalue weighted by Gasteiger charge is 2.14. The maximum absolute atomic E-state index is 5.34. The summed E-state index contributed by atoms with van der Waals surface area (Å²) in [5.74, 6) is 0.993. The van der Waals surface area contributed by atoms with Gasteiger partial charge < -0.3 is 10.1 Å². The lowest BCUT2D eigenvalue weighted by Gasteiger charge is -2.12. The first-order valence-electron chi connectivity index (χ1n) is 6.22. The number of methoxy groups -OCH3 is 1. The molecule has 1 saturated heterocycles. The molecule has 1 unspecified atom stereocenters. The fraction of sp³-hybridized carbons (Fsp3) is 0.571. The molecule has 0 aromatic heterocycles. The normalized spacial score (nSPS) is 20.0. The van der Waals surface area contributed by atoms with Crippen molar-refractivity contribution < 1.29 is 4.74 Å². The molecule has 2 rings (SSSR count). The second-order valence-corrected chi connectivity index (χ2v) is 4.54. The predicted molar refractivity (Wildman–Crippen MR) is 67.1 cm³/mol. The lowest BCUT2D eigenvalue weighted by molar-refractivity contribution is 0.413. The van der Waals surface area contributed by atoms with Crippen LogP contribution in [-0.2, 0) is 12.8 Å². The summed E-state index contributed by atoms with van der Waals surface area (Å²) < 4.78 is 5.34. The highest BCUT2D eigenvalue weighted by atomic mass is 16.5. The molecule has 88 valence electrons. The minimum Gasteiger partial charge on any atom is -0.497 e. The van der Waals surface area contributed by atoms with Gasteiger partial charge in [-0.3, -0.25) is 0 Å². The van der Waals surface area contributed by atoms with E-state index in [4.69, 9.17) is 4.74 Å². The summed E-state index contributed by atoms with van der Waals surface area (Å²) in [6.07, 6.45) is 4.82. The molecule has 0 bridgehead atoms. The number of hydrogen-bond acceptors (Lipinski definition) is 2. The van der Waals surface area contributed by atoms with Gasteiger partial charge >= 0.3 is 0 Å². The van der Waals surface area contributed by atoms with Crippen molar-refractivity contribution in [3.63, 3.8) is 0 Å². The van der Waals surface area contributed by atoms with Gasteiger partial charge in [0.1, 0.15) is 5.75 Å². The molecule has 1 aromatic carbocycles. The summed E-state index contributed by atoms with van der Waals surface area (Å²) >= 11 is 0. The molecule has 2 heteroatoms. The van der Waals surface area contributed by atoms with Crippen molar-refractivity contribution in [2.45, 2.75) is 38.6 Å². The number of nitrogens with one attached hydrogen (secondary N) is 1. The number of hydrogen-bond donors (Lipinski definition) is 1. The molecular formula is C14H21NO. The Labute approximate surface area is 98.0 Å². The largest absolute Gasteiger partial charge is 0.497 e. The quantitative estimate of drug-likeness (QED) is 0.840. The van der Waals surface area contributed by atoms with Gasteiger partial charge in [0.05, 0.1) is 7.11 Å². The van der Waals surface area contributed by atoms with Crippen LogP contribution in [0, 0.1) is 0 Å². The van der Waals surface area contributed by atoms with E-state index in [2.05, 4.69) is 30.4 Å². The van der Waals surface area contributed by atoms with E-state index in [1.165, 1.54) is 30.5 Å². The van der Waals surface area contributed by atoms with E-state index >= 15 is 0 Å². The molecule has 0 spiro atoms. The Morgan fingerprint density at radius 2 is 2.12 bits per heavy atom. The third kappa shape index (κ3) is 2.76. The fourth-order valence-electron chi connectivity index (χ4n) is 2.38. The Morgan fingerprint density at radius 3 is 2.75 bits per heavy atom. The lowest BCUT2D eigenvalue weighted by Crippen LogP contribution is -2.23. The maximum atomic E-state index is 5.34. The van der Waals surface area contributed by atoms with Gasteiger partial charge in [-0.1, -0.05) is 13.0 Å². The molecule has 16 heavy (non-hydrogen) atoms. The van der Waals surface area contributed by atoms with Crippen LogP contribution >= 0.6 is 0 Å². The molecule has 1 aliphatic heterocycles. The van der Waals surface area contributed by atoms with Gasteiger partial charge in [-0.05, 0) is 55.5 Å². The standard InChI is InChI=1S/C14H21NO/c1-3-11-7-12(10-14(9-11)16-2)8-13-5-4-6-15-13/h7,9-10,13,15H,3-6,8H2,1-2H3. The highest BCUT2D eigenvalue weighted by Crippen LogP contribution is 2.20. The van der Waals surface area contributed by atoms with E-state index in [1.54, 1.807) is 7.11 Å². The molecule has 0 radical (unpaired) electrons. The van der Waals surface area contributed by atoms with Gasteiger partial charge in [0, 0.05) is 6.04 Å². The van der Waals surface area contributed by atoms with Crippen molar-refractivity contribution >= 4 is 0 Å². The zero-order chi connectivity index (χ0) is 11.4. The average molecular weight is 219 g/mol. The lowest BCUT2D eigenvalue weighted by atomic mass is 10.0. The first-order valence-corrected chi connectivity index (χ1v) is 6.22. The molecule has 0 amide bonds. The Kier molecular flexibility index (Phi) is 3.83. The van der Waals surface area contributed by atoms with Gasteiger partial charge in [-0.25, -0.2) is 0 Å². The summed E-state index contributed by atoms with van der Waals surface area (Å²) in [6.45, 7) is 3.36. The van der Waals surface area contributed by atoms with Crippen LogP contribution in [0.5, 0.6) is 5.75 Å². The van der Waals surface area contributed by atoms with Crippen molar-refractivity contribution in [3.8, 4) is 5.75 Å². The number of ether oxygens (including phenoxy) is 1. The van der Waals surface area contributed by atoms with Crippen LogP contribution in [0.15, 0.2) is 18.2 Å². The summed E-state index contributed by atoms with van der Waals surface area (Å²) in [6, 6.07) is 7.27. The van der Waals surface area contributed by atoms with E-state index in [0.29, 0.717) is 6.04 Å². The zero-order valence-corrected chi connectivity index (χ0v) is 10.3. The third-order valence-corrected chi connectivity index (χ3v) is 3.31. The van der Waals surface area contributed by atoms with Crippen LogP contribution in [0.1, 0.15) is 30.9 Å². The number of rotatable bonds is 4. The molecule has 1 N–H and O–H groups in total. The molecule has 0 saturated carbocycles. The summed E-state index contributed by atoms with van der Waals surface area (Å²) in [7, 11) is 1.74. The third-order valence-electron chi connectivity index (χ3n) is 3.31. The molecule has 1 fully saturated rings. The Morgan fingerprint density at radius 1 is 1.31 bits per heavy atom. The summed E-state index contributed by atoms with van der Waals surface area (Å²) in [5, 5.41) is 3.54. The fourth-order valence-corrected chi connectivity index (χ4v) is 2.38. The van der Waals surface area contributed by atoms with Crippen LogP contribution in [0.4, 0.5) is 0 Å². The van der Waals surface area contributed by atoms with Crippen LogP contribution in [-0.4, -0.2) is 19.7 Å². The van der Waals surface area contributed by atoms with Crippen LogP contribution < -0.4 is 10.1 Å². The van der Waals surface area contributed by atoms with Crippen molar-refractivity contribution in [3.05, 3.63) is 29.3 Å². The van der Waals surface area contributed by atoms with Gasteiger partial charge in [0.15, 0.2) is 0 Å². The van der Waals surface area contributed by atoms with Gasteiger partial charge in [-0.15, -0.1) is 0 Å². The first-order chi connectivity index (χ1) is 7.81. The SMILES string of the molecule is CCc1cc(CC2CCCN2)cc(OC)c1. The molecule has 1 heterocycles. The highest BCUT2D eigenvalue weighted by molar-refractivity contribution is 5.35. The summed E-state index contributed by atoms with van der Waals surface area (Å²) in [5.41, 5.74) is 2.77. The minimum absolute atomic E-state index is 0.664. The maximum Gasteiger partial charge on any atom is 0.119 e. The summed E-state index contributed by atoms with van der Waals surface area (Å²) in [4.78, 5) is 0. The molecule has 1 aliphatic rings. The predicted octanol–water partition coefficient (Wildman–Crippen LogP) is 2.55. The van der Waals surface area contributed by atoms with E-state index < -0.39 is 0 Å². The van der Waals surface area contributed by atoms with E-state index in [1.807, 2.05) is 0 Å². The number of aryl methyl sites for hydroxylation is 1. The van der Waals surface area contributed by atoms with Gasteiger partial charge in [0.25, 0.3) is 0 Å². The molecule has 2 nitrogen and oxygen atoms in total. The smallest absolute Gasteiger partial charge is 0.119 e. The second-order valence-electron chi connectivity index (χ2n) is 4.54. The Bertz CT molecular complexity index is 320. The molecule has 1 atom stereocenters. The van der Waals surface area contributed by atoms with Gasteiger partial charge in [0.2, 0.25) is 0 Å². The van der Waals surface area contributed by atoms with Crippen LogP contribution in [0.3, 0.4) is 0 Å². The Hall–Kier alpha value is -1.02. The van der Waals surface area contributed by atoms with Crippen molar-refractivity contribution in [2.75, 3.05) is 13.7 Å². The zero-order valence-electron chi connectivity index (χ0n) is 10.3. The topological polar surface area (TPSA) is 21.3 Å². The number of benzene rings is 1. The van der Waals surface area contributed by atoms with Crippen molar-refractivity contribution in [1.82, 2.24) is 5.32 Å². The van der Waals surface area contributed by atoms with Crippen LogP contribution in [0.25, 0.3) is 0 Å². The van der Waals surface area contributed by atoms with E-state index in [9.17, 15) is 0 Å². The average Bonchev–Trinajstić information content (AvgIpc) is 2.81. The Balaban J connectivity index is 2.12. The second kappa shape index (κ2) is 5.35. The molecule has 1 aromatic rings. The molecular weight excluding hydrogens is 198 g/mol. The van der Waals surface area contributed by atoms with E-state index in [-0.39, 0.29) is 0 Å². The minimum atomic E-state index is 0.664. The monoisotopic (exact) mass is 219 g/mol. The van der Waals surface area contributed by atoms with Crippen molar-refractivity contribution in [2.24, 2.45) is 0 Å². The van der Waals surface area contributed by atoms with Crippen LogP contribution in [0.2, 0.25) is 0 Å². The first kappa shape index (κ1) is 11.5. The van der Waals surface area contributed by atoms with Gasteiger partial charge in [-0.2, -0.15) is 0 Å². The molecule has 0 aliphatic carbocycles. The van der Waals surface area contributed by atoms with E-state index in [0.717, 1.165) is 18.6 Å².